The Morgan fingerprint density at radius 1 is 0.927 bits per heavy atom. The van der Waals surface area contributed by atoms with E-state index in [-0.39, 0.29) is 21.5 Å². The maximum atomic E-state index is 14.0. The standard InChI is InChI=1S/C29H20Cl3N3O4S2/c1-14-5-9-16(10-6-14)33-20(36)13-34-28-25(41-29(34)39)21(18-3-2-4-19(31)23(18)32)22-24(40-28)27(38)35(26(22)37)17-11-7-15(30)8-12-17/h2-12,21-22,24H,13H2,1H3,(H,33,36)/t21-,22?,24?/m1/s1. The molecule has 0 radical (unpaired) electrons. The van der Waals surface area contributed by atoms with Gasteiger partial charge < -0.3 is 5.32 Å². The zero-order valence-electron chi connectivity index (χ0n) is 21.3. The molecule has 208 valence electrons. The minimum absolute atomic E-state index is 0.241. The molecule has 3 aromatic carbocycles. The third kappa shape index (κ3) is 5.00. The first-order chi connectivity index (χ1) is 19.6. The minimum atomic E-state index is -0.855. The molecule has 1 N–H and O–H groups in total. The van der Waals surface area contributed by atoms with E-state index in [4.69, 9.17) is 34.8 Å². The summed E-state index contributed by atoms with van der Waals surface area (Å²) in [5.41, 5.74) is 2.58. The lowest BCUT2D eigenvalue weighted by Gasteiger charge is -2.31. The molecule has 1 saturated heterocycles. The SMILES string of the molecule is Cc1ccc(NC(=O)Cn2c3c(sc2=O)[C@H](c2cccc(Cl)c2Cl)C2C(=O)N(c4ccc(Cl)cc4)C(=O)C2S3)cc1. The van der Waals surface area contributed by atoms with Crippen LogP contribution in [-0.4, -0.2) is 27.5 Å². The van der Waals surface area contributed by atoms with Gasteiger partial charge in [0, 0.05) is 21.5 Å². The number of anilines is 2. The van der Waals surface area contributed by atoms with E-state index in [0.717, 1.165) is 33.6 Å². The molecule has 1 aromatic heterocycles. The summed E-state index contributed by atoms with van der Waals surface area (Å²) in [4.78, 5) is 55.4. The minimum Gasteiger partial charge on any atom is -0.325 e. The van der Waals surface area contributed by atoms with Crippen LogP contribution >= 0.6 is 57.9 Å². The van der Waals surface area contributed by atoms with Gasteiger partial charge in [0.1, 0.15) is 11.8 Å². The molecule has 41 heavy (non-hydrogen) atoms. The third-order valence-electron chi connectivity index (χ3n) is 7.09. The van der Waals surface area contributed by atoms with Crippen molar-refractivity contribution in [3.05, 3.63) is 107 Å². The summed E-state index contributed by atoms with van der Waals surface area (Å²) < 4.78 is 1.36. The fourth-order valence-electron chi connectivity index (χ4n) is 5.18. The summed E-state index contributed by atoms with van der Waals surface area (Å²) in [6, 6.07) is 18.9. The van der Waals surface area contributed by atoms with Crippen LogP contribution in [0.4, 0.5) is 11.4 Å². The lowest BCUT2D eigenvalue weighted by Crippen LogP contribution is -2.33. The number of imide groups is 1. The van der Waals surface area contributed by atoms with Crippen molar-refractivity contribution in [1.82, 2.24) is 4.57 Å². The molecule has 3 heterocycles. The van der Waals surface area contributed by atoms with Crippen LogP contribution in [0, 0.1) is 12.8 Å². The van der Waals surface area contributed by atoms with Crippen molar-refractivity contribution in [3.63, 3.8) is 0 Å². The van der Waals surface area contributed by atoms with Gasteiger partial charge in [0.05, 0.1) is 26.7 Å². The maximum Gasteiger partial charge on any atom is 0.308 e. The number of fused-ring (bicyclic) bond motifs is 2. The largest absolute Gasteiger partial charge is 0.325 e. The second-order valence-corrected chi connectivity index (χ2v) is 13.1. The van der Waals surface area contributed by atoms with E-state index in [0.29, 0.717) is 31.9 Å². The van der Waals surface area contributed by atoms with Crippen molar-refractivity contribution in [1.29, 1.82) is 0 Å². The number of aryl methyl sites for hydroxylation is 1. The first-order valence-corrected chi connectivity index (χ1v) is 15.3. The van der Waals surface area contributed by atoms with Gasteiger partial charge in [-0.1, -0.05) is 87.7 Å². The van der Waals surface area contributed by atoms with Crippen LogP contribution in [0.15, 0.2) is 76.6 Å². The summed E-state index contributed by atoms with van der Waals surface area (Å²) in [5.74, 6) is -2.80. The lowest BCUT2D eigenvalue weighted by atomic mass is 9.83. The number of halogens is 3. The molecule has 0 bridgehead atoms. The van der Waals surface area contributed by atoms with E-state index >= 15 is 0 Å². The molecule has 3 atom stereocenters. The number of aromatic nitrogens is 1. The third-order valence-corrected chi connectivity index (χ3v) is 10.8. The highest BCUT2D eigenvalue weighted by molar-refractivity contribution is 8.00. The van der Waals surface area contributed by atoms with E-state index in [9.17, 15) is 19.2 Å². The molecule has 2 aliphatic rings. The van der Waals surface area contributed by atoms with Crippen LogP contribution in [-0.2, 0) is 20.9 Å². The van der Waals surface area contributed by atoms with Crippen molar-refractivity contribution in [2.24, 2.45) is 5.92 Å². The summed E-state index contributed by atoms with van der Waals surface area (Å²) in [5, 5.41) is 3.42. The highest BCUT2D eigenvalue weighted by Gasteiger charge is 2.57. The molecule has 0 saturated carbocycles. The number of carbonyl (C=O) groups is 3. The zero-order valence-corrected chi connectivity index (χ0v) is 25.2. The summed E-state index contributed by atoms with van der Waals surface area (Å²) >= 11 is 21.1. The van der Waals surface area contributed by atoms with E-state index < -0.39 is 34.8 Å². The number of benzene rings is 3. The van der Waals surface area contributed by atoms with Crippen LogP contribution in [0.3, 0.4) is 0 Å². The number of hydrogen-bond acceptors (Lipinski definition) is 6. The Morgan fingerprint density at radius 2 is 1.63 bits per heavy atom. The Labute approximate surface area is 258 Å². The average molecular weight is 645 g/mol. The number of nitrogens with one attached hydrogen (secondary N) is 1. The van der Waals surface area contributed by atoms with Gasteiger partial charge in [-0.3, -0.25) is 23.7 Å². The number of carbonyl (C=O) groups excluding carboxylic acids is 3. The molecule has 0 spiro atoms. The molecule has 3 amide bonds. The second kappa shape index (κ2) is 11.0. The van der Waals surface area contributed by atoms with Gasteiger partial charge in [0.25, 0.3) is 0 Å². The predicted molar refractivity (Wildman–Crippen MR) is 164 cm³/mol. The van der Waals surface area contributed by atoms with Crippen LogP contribution in [0.2, 0.25) is 15.1 Å². The number of nitrogens with zero attached hydrogens (tertiary/aromatic N) is 2. The highest BCUT2D eigenvalue weighted by atomic mass is 35.5. The van der Waals surface area contributed by atoms with Crippen molar-refractivity contribution in [2.75, 3.05) is 10.2 Å². The first kappa shape index (κ1) is 28.1. The van der Waals surface area contributed by atoms with E-state index in [1.165, 1.54) is 4.57 Å². The number of amides is 3. The molecule has 2 unspecified atom stereocenters. The monoisotopic (exact) mass is 643 g/mol. The summed E-state index contributed by atoms with van der Waals surface area (Å²) in [7, 11) is 0. The van der Waals surface area contributed by atoms with E-state index in [1.807, 2.05) is 19.1 Å². The van der Waals surface area contributed by atoms with Crippen LogP contribution in [0.5, 0.6) is 0 Å². The van der Waals surface area contributed by atoms with Gasteiger partial charge in [0.15, 0.2) is 0 Å². The molecular formula is C29H20Cl3N3O4S2. The molecule has 12 heteroatoms. The van der Waals surface area contributed by atoms with E-state index in [1.54, 1.807) is 54.6 Å². The van der Waals surface area contributed by atoms with Gasteiger partial charge in [0.2, 0.25) is 17.7 Å². The second-order valence-electron chi connectivity index (χ2n) is 9.71. The van der Waals surface area contributed by atoms with Gasteiger partial charge in [-0.25, -0.2) is 4.90 Å². The Morgan fingerprint density at radius 3 is 2.34 bits per heavy atom. The molecule has 7 nitrogen and oxygen atoms in total. The summed E-state index contributed by atoms with van der Waals surface area (Å²) in [6.45, 7) is 1.68. The maximum absolute atomic E-state index is 14.0. The first-order valence-electron chi connectivity index (χ1n) is 12.5. The fourth-order valence-corrected chi connectivity index (χ4v) is 8.49. The van der Waals surface area contributed by atoms with Crippen molar-refractivity contribution in [2.45, 2.75) is 29.7 Å². The molecule has 6 rings (SSSR count). The normalized spacial score (nSPS) is 19.7. The van der Waals surface area contributed by atoms with Crippen molar-refractivity contribution >= 4 is 87.0 Å². The number of hydrogen-bond donors (Lipinski definition) is 1. The predicted octanol–water partition coefficient (Wildman–Crippen LogP) is 6.61. The topological polar surface area (TPSA) is 88.5 Å². The van der Waals surface area contributed by atoms with Crippen LogP contribution in [0.1, 0.15) is 21.9 Å². The quantitative estimate of drug-likeness (QED) is 0.247. The smallest absolute Gasteiger partial charge is 0.308 e. The molecule has 2 aliphatic heterocycles. The lowest BCUT2D eigenvalue weighted by molar-refractivity contribution is -0.122. The Kier molecular flexibility index (Phi) is 7.50. The van der Waals surface area contributed by atoms with E-state index in [2.05, 4.69) is 5.32 Å². The molecular weight excluding hydrogens is 625 g/mol. The highest BCUT2D eigenvalue weighted by Crippen LogP contribution is 2.55. The number of rotatable bonds is 5. The van der Waals surface area contributed by atoms with Crippen molar-refractivity contribution in [3.8, 4) is 0 Å². The Hall–Kier alpha value is -3.08. The van der Waals surface area contributed by atoms with Gasteiger partial charge in [-0.2, -0.15) is 0 Å². The molecule has 0 aliphatic carbocycles. The number of thiazole rings is 1. The van der Waals surface area contributed by atoms with Gasteiger partial charge >= 0.3 is 4.87 Å². The molecule has 1 fully saturated rings. The average Bonchev–Trinajstić information content (AvgIpc) is 3.38. The Bertz CT molecular complexity index is 1770. The number of thioether (sulfide) groups is 1. The zero-order chi connectivity index (χ0) is 29.0. The van der Waals surface area contributed by atoms with Crippen molar-refractivity contribution < 1.29 is 14.4 Å². The Balaban J connectivity index is 1.43. The van der Waals surface area contributed by atoms with Gasteiger partial charge in [-0.05, 0) is 55.0 Å². The van der Waals surface area contributed by atoms with Crippen LogP contribution in [0.25, 0.3) is 0 Å². The fraction of sp³-hybridized carbons (Fsp3) is 0.172. The molecule has 4 aromatic rings. The summed E-state index contributed by atoms with van der Waals surface area (Å²) in [6.07, 6.45) is 0. The van der Waals surface area contributed by atoms with Gasteiger partial charge in [-0.15, -0.1) is 0 Å². The van der Waals surface area contributed by atoms with Crippen LogP contribution < -0.4 is 15.1 Å².